The summed E-state index contributed by atoms with van der Waals surface area (Å²) in [7, 11) is 0. The van der Waals surface area contributed by atoms with Gasteiger partial charge in [0.25, 0.3) is 0 Å². The molecule has 1 radical (unpaired) electrons. The molecule has 2 heterocycles. The molecule has 0 saturated heterocycles. The van der Waals surface area contributed by atoms with Gasteiger partial charge in [-0.25, -0.2) is 9.78 Å². The molecular weight excluding hydrogens is 523 g/mol. The van der Waals surface area contributed by atoms with Crippen LogP contribution >= 0.6 is 0 Å². The smallest absolute Gasteiger partial charge is 0.354 e. The molecule has 0 spiro atoms. The Morgan fingerprint density at radius 2 is 1.74 bits per heavy atom. The van der Waals surface area contributed by atoms with Crippen molar-refractivity contribution in [1.82, 2.24) is 9.97 Å². The zero-order chi connectivity index (χ0) is 18.4. The number of pyridine rings is 2. The minimum absolute atomic E-state index is 0. The molecule has 0 bridgehead atoms. The van der Waals surface area contributed by atoms with Gasteiger partial charge in [0, 0.05) is 37.5 Å². The third-order valence-electron chi connectivity index (χ3n) is 3.53. The molecule has 0 aliphatic heterocycles. The molecule has 4 aromatic rings. The van der Waals surface area contributed by atoms with Crippen LogP contribution in [0, 0.1) is 11.9 Å². The molecule has 27 heavy (non-hydrogen) atoms. The fourth-order valence-corrected chi connectivity index (χ4v) is 2.27. The van der Waals surface area contributed by atoms with E-state index in [0.717, 1.165) is 16.6 Å². The van der Waals surface area contributed by atoms with Crippen molar-refractivity contribution in [3.05, 3.63) is 96.6 Å². The number of hydrogen-bond donors (Lipinski definition) is 1. The zero-order valence-corrected chi connectivity index (χ0v) is 16.4. The summed E-state index contributed by atoms with van der Waals surface area (Å²) >= 11 is 0. The average molecular weight is 538 g/mol. The number of benzene rings is 2. The summed E-state index contributed by atoms with van der Waals surface area (Å²) in [5.41, 5.74) is 2.41. The topological polar surface area (TPSA) is 63.1 Å². The first-order valence-corrected chi connectivity index (χ1v) is 7.81. The van der Waals surface area contributed by atoms with Gasteiger partial charge in [-0.2, -0.15) is 0 Å². The number of carbonyl (C=O) groups is 1. The van der Waals surface area contributed by atoms with Gasteiger partial charge in [-0.15, -0.1) is 29.8 Å². The predicted molar refractivity (Wildman–Crippen MR) is 97.2 cm³/mol. The van der Waals surface area contributed by atoms with Crippen molar-refractivity contribution in [3.8, 4) is 11.3 Å². The molecule has 0 aliphatic rings. The van der Waals surface area contributed by atoms with Crippen molar-refractivity contribution in [1.29, 1.82) is 0 Å². The second-order valence-corrected chi connectivity index (χ2v) is 5.33. The van der Waals surface area contributed by atoms with Gasteiger partial charge in [0.15, 0.2) is 0 Å². The van der Waals surface area contributed by atoms with Gasteiger partial charge in [-0.3, -0.25) is 4.39 Å². The predicted octanol–water partition coefficient (Wildman–Crippen LogP) is 4.62. The molecule has 0 unspecified atom stereocenters. The molecule has 137 valence electrons. The van der Waals surface area contributed by atoms with Crippen LogP contribution in [-0.2, 0) is 20.1 Å². The Labute approximate surface area is 169 Å². The molecule has 0 saturated carbocycles. The monoisotopic (exact) mass is 538 g/mol. The third-order valence-corrected chi connectivity index (χ3v) is 3.53. The van der Waals surface area contributed by atoms with Gasteiger partial charge in [0.05, 0.1) is 5.52 Å². The number of aromatic nitrogens is 2. The molecule has 0 atom stereocenters. The Hall–Kier alpha value is -2.95. The summed E-state index contributed by atoms with van der Waals surface area (Å²) in [5, 5.41) is 9.63. The van der Waals surface area contributed by atoms with E-state index in [4.69, 9.17) is 5.11 Å². The molecule has 0 fully saturated rings. The molecule has 2 aromatic heterocycles. The number of fused-ring (bicyclic) bond motifs is 1. The second-order valence-electron chi connectivity index (χ2n) is 5.33. The second kappa shape index (κ2) is 9.67. The Balaban J connectivity index is 0.000000187. The minimum atomic E-state index is -0.995. The van der Waals surface area contributed by atoms with Crippen LogP contribution in [0.5, 0.6) is 0 Å². The molecule has 6 heteroatoms. The van der Waals surface area contributed by atoms with Crippen LogP contribution in [0.2, 0.25) is 0 Å². The third kappa shape index (κ3) is 5.51. The Morgan fingerprint density at radius 3 is 2.41 bits per heavy atom. The summed E-state index contributed by atoms with van der Waals surface area (Å²) in [5.74, 6) is -1.27. The molecule has 1 N–H and O–H groups in total. The normalized spacial score (nSPS) is 9.67. The van der Waals surface area contributed by atoms with E-state index in [2.05, 4.69) is 16.0 Å². The fraction of sp³-hybridized carbons (Fsp3) is 0. The van der Waals surface area contributed by atoms with Crippen molar-refractivity contribution in [3.63, 3.8) is 0 Å². The first kappa shape index (κ1) is 20.4. The summed E-state index contributed by atoms with van der Waals surface area (Å²) in [4.78, 5) is 18.7. The van der Waals surface area contributed by atoms with Crippen molar-refractivity contribution in [2.75, 3.05) is 0 Å². The molecule has 2 aromatic carbocycles. The number of para-hydroxylation sites is 1. The van der Waals surface area contributed by atoms with E-state index in [1.54, 1.807) is 24.4 Å². The molecule has 4 nitrogen and oxygen atoms in total. The zero-order valence-electron chi connectivity index (χ0n) is 14.0. The first-order chi connectivity index (χ1) is 12.6. The van der Waals surface area contributed by atoms with E-state index in [0.29, 0.717) is 5.52 Å². The van der Waals surface area contributed by atoms with Crippen LogP contribution in [0.1, 0.15) is 10.5 Å². The summed E-state index contributed by atoms with van der Waals surface area (Å²) in [6, 6.07) is 23.5. The van der Waals surface area contributed by atoms with Gasteiger partial charge in [-0.05, 0) is 23.9 Å². The van der Waals surface area contributed by atoms with E-state index in [1.807, 2.05) is 36.4 Å². The number of rotatable bonds is 2. The summed E-state index contributed by atoms with van der Waals surface area (Å²) in [6.07, 6.45) is 1.70. The average Bonchev–Trinajstić information content (AvgIpc) is 2.69. The van der Waals surface area contributed by atoms with Gasteiger partial charge in [0.1, 0.15) is 5.69 Å². The van der Waals surface area contributed by atoms with Gasteiger partial charge >= 0.3 is 5.97 Å². The quantitative estimate of drug-likeness (QED) is 0.379. The van der Waals surface area contributed by atoms with Gasteiger partial charge in [0.2, 0.25) is 0 Å². The standard InChI is InChI=1S/C11H7FN.C10H7NO2.Ir/c12-10-6-4-9(5-7-10)11-3-1-2-8-13-11;12-10(13)9-6-5-7-3-1-2-4-8(7)11-9;/h1-4,6-8H;1-6H,(H,12,13);/q-1;;. The molecule has 4 rings (SSSR count). The summed E-state index contributed by atoms with van der Waals surface area (Å²) in [6.45, 7) is 0. The van der Waals surface area contributed by atoms with Crippen molar-refractivity contribution in [2.45, 2.75) is 0 Å². The first-order valence-electron chi connectivity index (χ1n) is 7.81. The van der Waals surface area contributed by atoms with Crippen molar-refractivity contribution in [2.24, 2.45) is 0 Å². The van der Waals surface area contributed by atoms with E-state index in [1.165, 1.54) is 18.2 Å². The number of hydrogen-bond acceptors (Lipinski definition) is 3. The molecule has 0 aliphatic carbocycles. The van der Waals surface area contributed by atoms with Gasteiger partial charge < -0.3 is 10.1 Å². The van der Waals surface area contributed by atoms with Crippen LogP contribution in [0.4, 0.5) is 4.39 Å². The number of carboxylic acid groups (broad SMARTS) is 1. The van der Waals surface area contributed by atoms with E-state index >= 15 is 0 Å². The number of carboxylic acids is 1. The van der Waals surface area contributed by atoms with Crippen molar-refractivity contribution >= 4 is 16.9 Å². The van der Waals surface area contributed by atoms with E-state index < -0.39 is 5.97 Å². The Kier molecular flexibility index (Phi) is 7.29. The van der Waals surface area contributed by atoms with E-state index in [-0.39, 0.29) is 31.6 Å². The fourth-order valence-electron chi connectivity index (χ4n) is 2.27. The van der Waals surface area contributed by atoms with E-state index in [9.17, 15) is 9.18 Å². The molecular formula is C21H14FIrN2O2-. The maximum Gasteiger partial charge on any atom is 0.354 e. The van der Waals surface area contributed by atoms with Crippen molar-refractivity contribution < 1.29 is 34.4 Å². The van der Waals surface area contributed by atoms with Crippen LogP contribution < -0.4 is 0 Å². The number of aromatic carboxylic acids is 1. The summed E-state index contributed by atoms with van der Waals surface area (Å²) < 4.78 is 12.6. The Bertz CT molecular complexity index is 1020. The SMILES string of the molecule is Fc1c[c-]c(-c2ccccn2)cc1.O=C(O)c1ccc2ccccc2n1.[Ir]. The maximum absolute atomic E-state index is 12.6. The minimum Gasteiger partial charge on any atom is -0.477 e. The van der Waals surface area contributed by atoms with Crippen LogP contribution in [-0.4, -0.2) is 21.0 Å². The van der Waals surface area contributed by atoms with Gasteiger partial charge in [-0.1, -0.05) is 36.4 Å². The number of halogens is 1. The van der Waals surface area contributed by atoms with Crippen LogP contribution in [0.3, 0.4) is 0 Å². The van der Waals surface area contributed by atoms with Crippen LogP contribution in [0.25, 0.3) is 22.2 Å². The Morgan fingerprint density at radius 1 is 0.963 bits per heavy atom. The van der Waals surface area contributed by atoms with Crippen LogP contribution in [0.15, 0.2) is 79.0 Å². The number of nitrogens with zero attached hydrogens (tertiary/aromatic N) is 2. The maximum atomic E-state index is 12.6. The molecule has 0 amide bonds. The largest absolute Gasteiger partial charge is 0.477 e.